The van der Waals surface area contributed by atoms with Crippen molar-refractivity contribution >= 4 is 57.0 Å². The molecular weight excluding hydrogens is 393 g/mol. The van der Waals surface area contributed by atoms with Crippen LogP contribution >= 0.6 is 34.2 Å². The number of anilines is 1. The Kier molecular flexibility index (Phi) is 4.06. The number of esters is 1. The summed E-state index contributed by atoms with van der Waals surface area (Å²) in [6.07, 6.45) is 0. The van der Waals surface area contributed by atoms with Gasteiger partial charge in [-0.15, -0.1) is 0 Å². The van der Waals surface area contributed by atoms with E-state index in [0.717, 1.165) is 3.57 Å². The lowest BCUT2D eigenvalue weighted by Crippen LogP contribution is -2.25. The first-order chi connectivity index (χ1) is 9.17. The Bertz CT molecular complexity index is 698. The monoisotopic (exact) mass is 405 g/mol. The van der Waals surface area contributed by atoms with Crippen LogP contribution in [-0.4, -0.2) is 21.5 Å². The second kappa shape index (κ2) is 5.33. The van der Waals surface area contributed by atoms with Crippen LogP contribution in [0, 0.1) is 3.57 Å². The van der Waals surface area contributed by atoms with E-state index in [4.69, 9.17) is 22.1 Å². The predicted molar refractivity (Wildman–Crippen MR) is 86.8 cm³/mol. The third-order valence-electron chi connectivity index (χ3n) is 2.35. The van der Waals surface area contributed by atoms with E-state index in [1.54, 1.807) is 32.9 Å². The summed E-state index contributed by atoms with van der Waals surface area (Å²) in [5.74, 6) is -0.523. The van der Waals surface area contributed by atoms with Crippen LogP contribution in [0.1, 0.15) is 31.3 Å². The molecule has 0 spiro atoms. The van der Waals surface area contributed by atoms with Gasteiger partial charge in [-0.05, 0) is 55.5 Å². The maximum Gasteiger partial charge on any atom is 0.358 e. The molecule has 1 aromatic heterocycles. The molecule has 2 N–H and O–H groups in total. The summed E-state index contributed by atoms with van der Waals surface area (Å²) in [6.45, 7) is 5.36. The fourth-order valence-corrected chi connectivity index (χ4v) is 2.24. The number of carbonyl (C=O) groups excluding carboxylic acids is 1. The topological polar surface area (TPSA) is 78.1 Å². The second-order valence-electron chi connectivity index (χ2n) is 5.22. The summed E-state index contributed by atoms with van der Waals surface area (Å²) < 4.78 is 6.15. The molecule has 0 aliphatic heterocycles. The predicted octanol–water partition coefficient (Wildman–Crippen LogP) is 3.43. The third-order valence-corrected chi connectivity index (χ3v) is 3.87. The number of nitrogen functional groups attached to an aromatic ring is 1. The van der Waals surface area contributed by atoms with Gasteiger partial charge in [0.15, 0.2) is 5.69 Å². The molecule has 0 amide bonds. The Morgan fingerprint density at radius 2 is 2.00 bits per heavy atom. The SMILES string of the molecule is CC(C)(C)OC(=O)c1nc(N)nc2cc(I)c(Cl)cc12. The Morgan fingerprint density at radius 3 is 2.60 bits per heavy atom. The number of benzene rings is 1. The summed E-state index contributed by atoms with van der Waals surface area (Å²) in [4.78, 5) is 20.3. The molecule has 0 atom stereocenters. The minimum Gasteiger partial charge on any atom is -0.455 e. The minimum atomic E-state index is -0.615. The number of hydrogen-bond acceptors (Lipinski definition) is 5. The Labute approximate surface area is 135 Å². The molecule has 0 unspecified atom stereocenters. The molecule has 0 radical (unpaired) electrons. The van der Waals surface area contributed by atoms with E-state index in [9.17, 15) is 4.79 Å². The van der Waals surface area contributed by atoms with Gasteiger partial charge in [-0.3, -0.25) is 0 Å². The summed E-state index contributed by atoms with van der Waals surface area (Å²) >= 11 is 8.18. The molecule has 20 heavy (non-hydrogen) atoms. The average Bonchev–Trinajstić information content (AvgIpc) is 2.28. The van der Waals surface area contributed by atoms with Crippen LogP contribution in [0.4, 0.5) is 5.95 Å². The number of nitrogens with zero attached hydrogens (tertiary/aromatic N) is 2. The molecule has 0 bridgehead atoms. The molecule has 2 aromatic rings. The zero-order valence-electron chi connectivity index (χ0n) is 11.2. The van der Waals surface area contributed by atoms with Gasteiger partial charge in [0, 0.05) is 8.96 Å². The first-order valence-electron chi connectivity index (χ1n) is 5.83. The average molecular weight is 406 g/mol. The zero-order chi connectivity index (χ0) is 15.1. The lowest BCUT2D eigenvalue weighted by Gasteiger charge is -2.19. The standard InChI is InChI=1S/C13H13ClIN3O2/c1-13(2,3)20-11(19)10-6-4-7(14)8(15)5-9(6)17-12(16)18-10/h4-5H,1-3H3,(H2,16,17,18). The lowest BCUT2D eigenvalue weighted by molar-refractivity contribution is 0.00654. The van der Waals surface area contributed by atoms with Crippen LogP contribution in [0.5, 0.6) is 0 Å². The molecular formula is C13H13ClIN3O2. The van der Waals surface area contributed by atoms with E-state index >= 15 is 0 Å². The number of nitrogens with two attached hydrogens (primary N) is 1. The van der Waals surface area contributed by atoms with Crippen LogP contribution < -0.4 is 5.73 Å². The summed E-state index contributed by atoms with van der Waals surface area (Å²) in [5.41, 5.74) is 5.72. The normalized spacial score (nSPS) is 11.7. The van der Waals surface area contributed by atoms with Crippen molar-refractivity contribution in [1.82, 2.24) is 9.97 Å². The quantitative estimate of drug-likeness (QED) is 0.581. The van der Waals surface area contributed by atoms with Crippen molar-refractivity contribution in [3.8, 4) is 0 Å². The van der Waals surface area contributed by atoms with Crippen molar-refractivity contribution in [2.45, 2.75) is 26.4 Å². The highest BCUT2D eigenvalue weighted by atomic mass is 127. The van der Waals surface area contributed by atoms with E-state index in [1.165, 1.54) is 0 Å². The highest BCUT2D eigenvalue weighted by Crippen LogP contribution is 2.27. The van der Waals surface area contributed by atoms with E-state index in [1.807, 2.05) is 0 Å². The Balaban J connectivity index is 2.63. The minimum absolute atomic E-state index is 0.0245. The molecule has 0 fully saturated rings. The van der Waals surface area contributed by atoms with Crippen LogP contribution in [-0.2, 0) is 4.74 Å². The van der Waals surface area contributed by atoms with Crippen molar-refractivity contribution in [2.24, 2.45) is 0 Å². The second-order valence-corrected chi connectivity index (χ2v) is 6.79. The van der Waals surface area contributed by atoms with Crippen molar-refractivity contribution in [1.29, 1.82) is 0 Å². The smallest absolute Gasteiger partial charge is 0.358 e. The van der Waals surface area contributed by atoms with Gasteiger partial charge in [0.2, 0.25) is 5.95 Å². The number of fused-ring (bicyclic) bond motifs is 1. The molecule has 0 saturated carbocycles. The van der Waals surface area contributed by atoms with Crippen molar-refractivity contribution < 1.29 is 9.53 Å². The van der Waals surface area contributed by atoms with E-state index in [0.29, 0.717) is 15.9 Å². The fourth-order valence-electron chi connectivity index (χ4n) is 1.62. The molecule has 2 rings (SSSR count). The van der Waals surface area contributed by atoms with Gasteiger partial charge in [-0.2, -0.15) is 0 Å². The molecule has 1 heterocycles. The number of halogens is 2. The summed E-state index contributed by atoms with van der Waals surface area (Å²) in [7, 11) is 0. The van der Waals surface area contributed by atoms with Gasteiger partial charge >= 0.3 is 5.97 Å². The van der Waals surface area contributed by atoms with Gasteiger partial charge in [-0.25, -0.2) is 14.8 Å². The first kappa shape index (κ1) is 15.2. The number of aromatic nitrogens is 2. The van der Waals surface area contributed by atoms with Crippen molar-refractivity contribution in [2.75, 3.05) is 5.73 Å². The highest BCUT2D eigenvalue weighted by Gasteiger charge is 2.22. The Morgan fingerprint density at radius 1 is 1.35 bits per heavy atom. The molecule has 0 aliphatic rings. The third kappa shape index (κ3) is 3.29. The molecule has 106 valence electrons. The number of carbonyl (C=O) groups is 1. The lowest BCUT2D eigenvalue weighted by atomic mass is 10.1. The van der Waals surface area contributed by atoms with Gasteiger partial charge < -0.3 is 10.5 Å². The largest absolute Gasteiger partial charge is 0.455 e. The van der Waals surface area contributed by atoms with E-state index in [-0.39, 0.29) is 11.6 Å². The molecule has 1 aromatic carbocycles. The van der Waals surface area contributed by atoms with Crippen molar-refractivity contribution in [3.63, 3.8) is 0 Å². The summed E-state index contributed by atoms with van der Waals surface area (Å²) in [6, 6.07) is 3.40. The molecule has 7 heteroatoms. The summed E-state index contributed by atoms with van der Waals surface area (Å²) in [5, 5.41) is 1.05. The van der Waals surface area contributed by atoms with Gasteiger partial charge in [-0.1, -0.05) is 11.6 Å². The van der Waals surface area contributed by atoms with Crippen LogP contribution in [0.2, 0.25) is 5.02 Å². The Hall–Kier alpha value is -1.15. The maximum atomic E-state index is 12.2. The van der Waals surface area contributed by atoms with Crippen LogP contribution in [0.3, 0.4) is 0 Å². The number of hydrogen-bond donors (Lipinski definition) is 1. The van der Waals surface area contributed by atoms with Gasteiger partial charge in [0.05, 0.1) is 10.5 Å². The van der Waals surface area contributed by atoms with Crippen molar-refractivity contribution in [3.05, 3.63) is 26.4 Å². The number of ether oxygens (including phenoxy) is 1. The van der Waals surface area contributed by atoms with Gasteiger partial charge in [0.25, 0.3) is 0 Å². The number of rotatable bonds is 1. The molecule has 0 aliphatic carbocycles. The van der Waals surface area contributed by atoms with Crippen LogP contribution in [0.25, 0.3) is 10.9 Å². The van der Waals surface area contributed by atoms with Crippen LogP contribution in [0.15, 0.2) is 12.1 Å². The van der Waals surface area contributed by atoms with Gasteiger partial charge in [0.1, 0.15) is 5.60 Å². The molecule has 0 saturated heterocycles. The van der Waals surface area contributed by atoms with E-state index < -0.39 is 11.6 Å². The maximum absolute atomic E-state index is 12.2. The van der Waals surface area contributed by atoms with E-state index in [2.05, 4.69) is 32.6 Å². The molecule has 5 nitrogen and oxygen atoms in total. The first-order valence-corrected chi connectivity index (χ1v) is 7.28. The fraction of sp³-hybridized carbons (Fsp3) is 0.308. The highest BCUT2D eigenvalue weighted by molar-refractivity contribution is 14.1. The zero-order valence-corrected chi connectivity index (χ0v) is 14.1.